The molecular formula is C16H19N4O4S2+. The second-order valence-electron chi connectivity index (χ2n) is 5.53. The number of amides is 3. The number of aromatic nitrogens is 1. The van der Waals surface area contributed by atoms with Gasteiger partial charge in [0.1, 0.15) is 11.6 Å². The molecule has 3 heterocycles. The minimum absolute atomic E-state index is 0.0362. The molecule has 26 heavy (non-hydrogen) atoms. The maximum absolute atomic E-state index is 12.2. The molecule has 1 aromatic heterocycles. The van der Waals surface area contributed by atoms with Crippen molar-refractivity contribution in [3.63, 3.8) is 0 Å². The number of carbonyl (C=O) groups excluding carboxylic acids is 3. The van der Waals surface area contributed by atoms with Gasteiger partial charge in [-0.3, -0.25) is 9.69 Å². The lowest BCUT2D eigenvalue weighted by molar-refractivity contribution is -0.679. The van der Waals surface area contributed by atoms with Gasteiger partial charge in [-0.15, -0.1) is 11.8 Å². The molecule has 1 atom stereocenters. The molecule has 0 bridgehead atoms. The summed E-state index contributed by atoms with van der Waals surface area (Å²) in [6.07, 6.45) is 5.71. The predicted octanol–water partition coefficient (Wildman–Crippen LogP) is 0.663. The lowest BCUT2D eigenvalue weighted by Gasteiger charge is -2.42. The average molecular weight is 395 g/mol. The molecule has 1 N–H and O–H groups in total. The Kier molecular flexibility index (Phi) is 5.72. The molecule has 3 rings (SSSR count). The summed E-state index contributed by atoms with van der Waals surface area (Å²) in [6.45, 7) is 0. The van der Waals surface area contributed by atoms with Crippen LogP contribution in [0.25, 0.3) is 0 Å². The fourth-order valence-corrected chi connectivity index (χ4v) is 4.25. The third-order valence-electron chi connectivity index (χ3n) is 3.99. The van der Waals surface area contributed by atoms with Gasteiger partial charge in [0.05, 0.1) is 18.8 Å². The van der Waals surface area contributed by atoms with Crippen molar-refractivity contribution >= 4 is 41.4 Å². The molecule has 0 unspecified atom stereocenters. The molecule has 0 radical (unpaired) electrons. The zero-order valence-corrected chi connectivity index (χ0v) is 16.0. The highest BCUT2D eigenvalue weighted by Gasteiger charge is 2.43. The first-order valence-electron chi connectivity index (χ1n) is 7.92. The molecule has 0 aromatic carbocycles. The zero-order valence-electron chi connectivity index (χ0n) is 14.4. The van der Waals surface area contributed by atoms with Crippen LogP contribution in [0.3, 0.4) is 0 Å². The Hall–Kier alpha value is -2.20. The maximum Gasteiger partial charge on any atom is 0.370 e. The van der Waals surface area contributed by atoms with Crippen molar-refractivity contribution in [1.82, 2.24) is 10.2 Å². The monoisotopic (exact) mass is 395 g/mol. The molecule has 1 fully saturated rings. The van der Waals surface area contributed by atoms with E-state index in [1.165, 1.54) is 21.7 Å². The summed E-state index contributed by atoms with van der Waals surface area (Å²) < 4.78 is 6.92. The second-order valence-corrected chi connectivity index (χ2v) is 7.74. The quantitative estimate of drug-likeness (QED) is 0.259. The van der Waals surface area contributed by atoms with Gasteiger partial charge in [0.15, 0.2) is 0 Å². The molecule has 138 valence electrons. The number of hydrogen-bond donors (Lipinski definition) is 1. The summed E-state index contributed by atoms with van der Waals surface area (Å²) in [6, 6.07) is 3.41. The van der Waals surface area contributed by atoms with Crippen molar-refractivity contribution in [3.05, 3.63) is 36.3 Å². The van der Waals surface area contributed by atoms with Crippen LogP contribution < -0.4 is 15.0 Å². The zero-order chi connectivity index (χ0) is 18.7. The number of thioether (sulfide) groups is 2. The Morgan fingerprint density at radius 1 is 1.46 bits per heavy atom. The molecule has 1 aromatic rings. The fourth-order valence-electron chi connectivity index (χ4n) is 2.52. The number of rotatable bonds is 5. The van der Waals surface area contributed by atoms with E-state index in [-0.39, 0.29) is 23.3 Å². The highest BCUT2D eigenvalue weighted by atomic mass is 32.2. The Bertz CT molecular complexity index is 753. The van der Waals surface area contributed by atoms with Gasteiger partial charge in [-0.05, 0) is 6.08 Å². The second kappa shape index (κ2) is 8.00. The van der Waals surface area contributed by atoms with Crippen molar-refractivity contribution in [3.8, 4) is 0 Å². The van der Waals surface area contributed by atoms with Gasteiger partial charge in [0, 0.05) is 29.8 Å². The molecule has 0 saturated carbocycles. The molecule has 2 aliphatic rings. The van der Waals surface area contributed by atoms with E-state index in [0.29, 0.717) is 17.9 Å². The van der Waals surface area contributed by atoms with Gasteiger partial charge < -0.3 is 10.1 Å². The Balaban J connectivity index is 1.50. The van der Waals surface area contributed by atoms with E-state index in [9.17, 15) is 14.4 Å². The molecular weight excluding hydrogens is 376 g/mol. The minimum atomic E-state index is -0.471. The summed E-state index contributed by atoms with van der Waals surface area (Å²) in [7, 11) is 3.21. The van der Waals surface area contributed by atoms with E-state index in [1.54, 1.807) is 49.0 Å². The van der Waals surface area contributed by atoms with Crippen molar-refractivity contribution < 1.29 is 23.8 Å². The van der Waals surface area contributed by atoms with Crippen LogP contribution in [0.1, 0.15) is 6.42 Å². The van der Waals surface area contributed by atoms with E-state index in [2.05, 4.69) is 5.32 Å². The average Bonchev–Trinajstić information content (AvgIpc) is 2.65. The van der Waals surface area contributed by atoms with Gasteiger partial charge in [-0.1, -0.05) is 21.4 Å². The first-order valence-corrected chi connectivity index (χ1v) is 9.95. The van der Waals surface area contributed by atoms with Gasteiger partial charge in [0.25, 0.3) is 0 Å². The Labute approximate surface area is 159 Å². The van der Waals surface area contributed by atoms with Crippen LogP contribution in [0.2, 0.25) is 0 Å². The van der Waals surface area contributed by atoms with Gasteiger partial charge in [-0.2, -0.15) is 0 Å². The number of nitrogens with one attached hydrogen (secondary N) is 1. The van der Waals surface area contributed by atoms with Gasteiger partial charge >= 0.3 is 12.0 Å². The third-order valence-corrected chi connectivity index (χ3v) is 5.96. The number of ether oxygens (including phenoxy) is 1. The Morgan fingerprint density at radius 2 is 2.19 bits per heavy atom. The molecule has 0 aliphatic carbocycles. The van der Waals surface area contributed by atoms with Crippen LogP contribution in [0.4, 0.5) is 4.79 Å². The van der Waals surface area contributed by atoms with Crippen LogP contribution in [0.5, 0.6) is 0 Å². The SMILES string of the molecule is CNC(=O)N(C)[n+]1ccc(SCOC(=O)C2=CCS[C@H]3CC(=O)N23)cc1. The molecule has 3 amide bonds. The molecule has 0 spiro atoms. The number of pyridine rings is 1. The molecule has 8 nitrogen and oxygen atoms in total. The van der Waals surface area contributed by atoms with Crippen LogP contribution in [0, 0.1) is 0 Å². The maximum atomic E-state index is 12.2. The summed E-state index contributed by atoms with van der Waals surface area (Å²) in [4.78, 5) is 37.8. The lowest BCUT2D eigenvalue weighted by atomic mass is 10.1. The van der Waals surface area contributed by atoms with E-state index in [1.807, 2.05) is 12.1 Å². The van der Waals surface area contributed by atoms with Crippen molar-refractivity contribution in [1.29, 1.82) is 0 Å². The van der Waals surface area contributed by atoms with Crippen molar-refractivity contribution in [2.45, 2.75) is 16.7 Å². The molecule has 1 saturated heterocycles. The molecule has 2 aliphatic heterocycles. The summed E-state index contributed by atoms with van der Waals surface area (Å²) in [5.41, 5.74) is 0.351. The van der Waals surface area contributed by atoms with Crippen LogP contribution in [0.15, 0.2) is 41.2 Å². The van der Waals surface area contributed by atoms with E-state index in [0.717, 1.165) is 4.90 Å². The standard InChI is InChI=1S/C16H18N4O4S2/c1-17-16(23)18(2)19-6-3-11(4-7-19)26-10-24-15(22)12-5-8-25-14-9-13(21)20(12)14/h3-7,14H,8-10H2,1-2H3/p+1/t14-/m0/s1. The lowest BCUT2D eigenvalue weighted by Crippen LogP contribution is -2.60. The van der Waals surface area contributed by atoms with Crippen molar-refractivity contribution in [2.24, 2.45) is 0 Å². The number of fused-ring (bicyclic) bond motifs is 1. The van der Waals surface area contributed by atoms with Crippen LogP contribution in [-0.4, -0.2) is 54.0 Å². The first-order chi connectivity index (χ1) is 12.5. The summed E-state index contributed by atoms with van der Waals surface area (Å²) in [5.74, 6) is 0.349. The fraction of sp³-hybridized carbons (Fsp3) is 0.375. The minimum Gasteiger partial charge on any atom is -0.450 e. The highest BCUT2D eigenvalue weighted by Crippen LogP contribution is 2.37. The Morgan fingerprint density at radius 3 is 2.85 bits per heavy atom. The van der Waals surface area contributed by atoms with E-state index >= 15 is 0 Å². The van der Waals surface area contributed by atoms with Gasteiger partial charge in [0.2, 0.25) is 18.3 Å². The first kappa shape index (κ1) is 18.6. The van der Waals surface area contributed by atoms with E-state index in [4.69, 9.17) is 4.74 Å². The number of hydrogen-bond acceptors (Lipinski definition) is 6. The van der Waals surface area contributed by atoms with Gasteiger partial charge in [-0.25, -0.2) is 9.59 Å². The number of urea groups is 1. The number of carbonyl (C=O) groups is 3. The predicted molar refractivity (Wildman–Crippen MR) is 97.8 cm³/mol. The summed E-state index contributed by atoms with van der Waals surface area (Å²) >= 11 is 3.00. The number of β-lactam (4-membered cyclic amide) rings is 1. The summed E-state index contributed by atoms with van der Waals surface area (Å²) in [5, 5.41) is 4.03. The van der Waals surface area contributed by atoms with E-state index < -0.39 is 5.97 Å². The van der Waals surface area contributed by atoms with Crippen LogP contribution in [-0.2, 0) is 14.3 Å². The number of esters is 1. The number of nitrogens with zero attached hydrogens (tertiary/aromatic N) is 3. The van der Waals surface area contributed by atoms with Crippen LogP contribution >= 0.6 is 23.5 Å². The third kappa shape index (κ3) is 3.80. The smallest absolute Gasteiger partial charge is 0.370 e. The molecule has 10 heteroatoms. The topological polar surface area (TPSA) is 82.8 Å². The van der Waals surface area contributed by atoms with Crippen molar-refractivity contribution in [2.75, 3.05) is 30.8 Å². The normalized spacial score (nSPS) is 18.4. The highest BCUT2D eigenvalue weighted by molar-refractivity contribution is 8.00. The largest absolute Gasteiger partial charge is 0.450 e.